The van der Waals surface area contributed by atoms with Crippen LogP contribution in [0.1, 0.15) is 12.5 Å². The highest BCUT2D eigenvalue weighted by Crippen LogP contribution is 2.33. The summed E-state index contributed by atoms with van der Waals surface area (Å²) in [6, 6.07) is 12.8. The van der Waals surface area contributed by atoms with E-state index in [1.807, 2.05) is 19.1 Å². The van der Waals surface area contributed by atoms with Gasteiger partial charge in [-0.1, -0.05) is 6.07 Å². The summed E-state index contributed by atoms with van der Waals surface area (Å²) in [6.45, 7) is 8.15. The molecule has 0 unspecified atom stereocenters. The number of nitrogens with one attached hydrogen (secondary N) is 1. The molecule has 35 heavy (non-hydrogen) atoms. The van der Waals surface area contributed by atoms with E-state index in [4.69, 9.17) is 14.2 Å². The smallest absolute Gasteiger partial charge is 0.241 e. The van der Waals surface area contributed by atoms with Gasteiger partial charge in [0.25, 0.3) is 0 Å². The Morgan fingerprint density at radius 2 is 1.83 bits per heavy atom. The summed E-state index contributed by atoms with van der Waals surface area (Å²) in [5.41, 5.74) is 1.75. The lowest BCUT2D eigenvalue weighted by atomic mass is 10.1. The van der Waals surface area contributed by atoms with E-state index in [1.165, 1.54) is 5.56 Å². The molecule has 0 saturated carbocycles. The van der Waals surface area contributed by atoms with Crippen molar-refractivity contribution in [2.24, 2.45) is 0 Å². The van der Waals surface area contributed by atoms with Crippen molar-refractivity contribution in [2.75, 3.05) is 52.7 Å². The Balaban J connectivity index is 1.13. The number of pyridine rings is 1. The second kappa shape index (κ2) is 10.4. The van der Waals surface area contributed by atoms with E-state index in [0.717, 1.165) is 44.2 Å². The van der Waals surface area contributed by atoms with Gasteiger partial charge in [-0.25, -0.2) is 13.1 Å². The van der Waals surface area contributed by atoms with Crippen LogP contribution in [-0.2, 0) is 16.6 Å². The maximum atomic E-state index is 13.1. The monoisotopic (exact) mass is 498 g/mol. The number of sulfonamides is 1. The third-order valence-corrected chi connectivity index (χ3v) is 7.83. The summed E-state index contributed by atoms with van der Waals surface area (Å²) < 4.78 is 45.4. The quantitative estimate of drug-likeness (QED) is 0.481. The highest BCUT2D eigenvalue weighted by molar-refractivity contribution is 7.89. The van der Waals surface area contributed by atoms with Crippen LogP contribution < -0.4 is 18.9 Å². The van der Waals surface area contributed by atoms with E-state index in [9.17, 15) is 8.42 Å². The minimum absolute atomic E-state index is 0.220. The van der Waals surface area contributed by atoms with E-state index in [0.29, 0.717) is 36.3 Å². The van der Waals surface area contributed by atoms with Crippen LogP contribution >= 0.6 is 0 Å². The molecule has 0 spiro atoms. The molecule has 1 aromatic heterocycles. The molecular formula is C25H30N4O5S. The first-order chi connectivity index (χ1) is 17.0. The number of ether oxygens (including phenoxy) is 3. The Bertz CT molecular complexity index is 1290. The Morgan fingerprint density at radius 1 is 1.03 bits per heavy atom. The standard InChI is InChI=1S/C25H30N4O5S/c1-2-32-22-7-8-24(20-4-3-9-26-25(20)22)35(30,31)27-10-11-28-12-14-29(15-13-28)17-19-5-6-21-23(16-19)34-18-33-21/h3-9,16,27H,2,10-15,17-18H2,1H3. The van der Waals surface area contributed by atoms with Crippen molar-refractivity contribution >= 4 is 20.9 Å². The summed E-state index contributed by atoms with van der Waals surface area (Å²) in [4.78, 5) is 9.25. The second-order valence-corrected chi connectivity index (χ2v) is 10.3. The summed E-state index contributed by atoms with van der Waals surface area (Å²) in [7, 11) is -3.68. The molecule has 3 aromatic rings. The number of hydrogen-bond acceptors (Lipinski definition) is 8. The molecule has 1 N–H and O–H groups in total. The summed E-state index contributed by atoms with van der Waals surface area (Å²) >= 11 is 0. The number of piperazine rings is 1. The molecule has 2 aromatic carbocycles. The summed E-state index contributed by atoms with van der Waals surface area (Å²) in [5, 5.41) is 0.558. The van der Waals surface area contributed by atoms with Crippen LogP contribution in [0.25, 0.3) is 10.9 Å². The first-order valence-corrected chi connectivity index (χ1v) is 13.4. The molecule has 1 saturated heterocycles. The van der Waals surface area contributed by atoms with Crippen LogP contribution in [0, 0.1) is 0 Å². The van der Waals surface area contributed by atoms with E-state index in [1.54, 1.807) is 30.5 Å². The van der Waals surface area contributed by atoms with Crippen molar-refractivity contribution < 1.29 is 22.6 Å². The minimum atomic E-state index is -3.68. The average Bonchev–Trinajstić information content (AvgIpc) is 3.33. The number of rotatable bonds is 9. The molecule has 2 aliphatic rings. The topological polar surface area (TPSA) is 93.2 Å². The van der Waals surface area contributed by atoms with Gasteiger partial charge in [0, 0.05) is 57.4 Å². The first kappa shape index (κ1) is 23.8. The maximum absolute atomic E-state index is 13.1. The Labute approximate surface area is 205 Å². The molecule has 0 radical (unpaired) electrons. The number of benzene rings is 2. The molecule has 0 bridgehead atoms. The Kier molecular flexibility index (Phi) is 7.05. The fourth-order valence-electron chi connectivity index (χ4n) is 4.51. The van der Waals surface area contributed by atoms with Crippen LogP contribution in [0.15, 0.2) is 53.6 Å². The zero-order valence-corrected chi connectivity index (χ0v) is 20.6. The van der Waals surface area contributed by atoms with Gasteiger partial charge in [-0.2, -0.15) is 0 Å². The molecule has 0 amide bonds. The summed E-state index contributed by atoms with van der Waals surface area (Å²) in [5.74, 6) is 2.20. The van der Waals surface area contributed by atoms with Gasteiger partial charge in [-0.3, -0.25) is 14.8 Å². The number of fused-ring (bicyclic) bond motifs is 2. The number of nitrogens with zero attached hydrogens (tertiary/aromatic N) is 3. The van der Waals surface area contributed by atoms with Crippen molar-refractivity contribution in [1.29, 1.82) is 0 Å². The van der Waals surface area contributed by atoms with Gasteiger partial charge in [0.1, 0.15) is 11.3 Å². The number of aromatic nitrogens is 1. The summed E-state index contributed by atoms with van der Waals surface area (Å²) in [6.07, 6.45) is 1.64. The molecule has 0 atom stereocenters. The molecule has 1 fully saturated rings. The molecule has 9 nitrogen and oxygen atoms in total. The van der Waals surface area contributed by atoms with E-state index >= 15 is 0 Å². The van der Waals surface area contributed by atoms with Crippen LogP contribution in [-0.4, -0.2) is 75.9 Å². The van der Waals surface area contributed by atoms with Crippen molar-refractivity contribution in [3.8, 4) is 17.2 Å². The van der Waals surface area contributed by atoms with Crippen LogP contribution in [0.4, 0.5) is 0 Å². The lowest BCUT2D eigenvalue weighted by molar-refractivity contribution is 0.129. The highest BCUT2D eigenvalue weighted by atomic mass is 32.2. The molecule has 10 heteroatoms. The number of hydrogen-bond donors (Lipinski definition) is 1. The average molecular weight is 499 g/mol. The van der Waals surface area contributed by atoms with Gasteiger partial charge in [-0.15, -0.1) is 0 Å². The van der Waals surface area contributed by atoms with Gasteiger partial charge in [-0.05, 0) is 48.9 Å². The lowest BCUT2D eigenvalue weighted by Gasteiger charge is -2.34. The molecule has 2 aliphatic heterocycles. The molecule has 0 aliphatic carbocycles. The fraction of sp³-hybridized carbons (Fsp3) is 0.400. The zero-order valence-electron chi connectivity index (χ0n) is 19.8. The van der Waals surface area contributed by atoms with Gasteiger partial charge in [0.15, 0.2) is 11.5 Å². The van der Waals surface area contributed by atoms with Crippen molar-refractivity contribution in [2.45, 2.75) is 18.4 Å². The van der Waals surface area contributed by atoms with E-state index in [-0.39, 0.29) is 11.7 Å². The fourth-order valence-corrected chi connectivity index (χ4v) is 5.73. The zero-order chi connectivity index (χ0) is 24.3. The molecule has 186 valence electrons. The van der Waals surface area contributed by atoms with Crippen molar-refractivity contribution in [1.82, 2.24) is 19.5 Å². The van der Waals surface area contributed by atoms with Crippen LogP contribution in [0.3, 0.4) is 0 Å². The van der Waals surface area contributed by atoms with E-state index < -0.39 is 10.0 Å². The highest BCUT2D eigenvalue weighted by Gasteiger charge is 2.22. The normalized spacial score (nSPS) is 16.6. The SMILES string of the molecule is CCOc1ccc(S(=O)(=O)NCCN2CCN(Cc3ccc4c(c3)OCO4)CC2)c2cccnc12. The van der Waals surface area contributed by atoms with Crippen molar-refractivity contribution in [3.05, 3.63) is 54.2 Å². The maximum Gasteiger partial charge on any atom is 0.241 e. The Hall–Kier alpha value is -2.92. The van der Waals surface area contributed by atoms with Gasteiger partial charge >= 0.3 is 0 Å². The minimum Gasteiger partial charge on any atom is -0.492 e. The largest absolute Gasteiger partial charge is 0.492 e. The van der Waals surface area contributed by atoms with Gasteiger partial charge < -0.3 is 14.2 Å². The molecular weight excluding hydrogens is 468 g/mol. The first-order valence-electron chi connectivity index (χ1n) is 11.9. The predicted molar refractivity (Wildman–Crippen MR) is 132 cm³/mol. The lowest BCUT2D eigenvalue weighted by Crippen LogP contribution is -2.48. The predicted octanol–water partition coefficient (Wildman–Crippen LogP) is 2.46. The second-order valence-electron chi connectivity index (χ2n) is 8.60. The Morgan fingerprint density at radius 3 is 2.66 bits per heavy atom. The molecule has 3 heterocycles. The van der Waals surface area contributed by atoms with Gasteiger partial charge in [0.05, 0.1) is 11.5 Å². The van der Waals surface area contributed by atoms with Crippen LogP contribution in [0.5, 0.6) is 17.2 Å². The van der Waals surface area contributed by atoms with Gasteiger partial charge in [0.2, 0.25) is 16.8 Å². The van der Waals surface area contributed by atoms with Crippen LogP contribution in [0.2, 0.25) is 0 Å². The molecule has 5 rings (SSSR count). The van der Waals surface area contributed by atoms with Crippen molar-refractivity contribution in [3.63, 3.8) is 0 Å². The third-order valence-electron chi connectivity index (χ3n) is 6.31. The van der Waals surface area contributed by atoms with E-state index in [2.05, 4.69) is 25.6 Å². The third kappa shape index (κ3) is 5.35.